The first kappa shape index (κ1) is 13.4. The van der Waals surface area contributed by atoms with Crippen molar-refractivity contribution < 1.29 is 13.9 Å². The maximum atomic E-state index is 12.2. The number of hydrogen-bond acceptors (Lipinski definition) is 2. The van der Waals surface area contributed by atoms with Crippen molar-refractivity contribution in [1.82, 2.24) is 0 Å². The summed E-state index contributed by atoms with van der Waals surface area (Å²) in [7, 11) is 1.61. The lowest BCUT2D eigenvalue weighted by molar-refractivity contribution is 0.156. The summed E-state index contributed by atoms with van der Waals surface area (Å²) in [6.07, 6.45) is -2.94. The molecular formula is C11H14BrF2NO. The van der Waals surface area contributed by atoms with Crippen molar-refractivity contribution in [3.8, 4) is 0 Å². The zero-order valence-corrected chi connectivity index (χ0v) is 10.7. The maximum absolute atomic E-state index is 12.2. The predicted molar refractivity (Wildman–Crippen MR) is 64.0 cm³/mol. The summed E-state index contributed by atoms with van der Waals surface area (Å²) in [5.41, 5.74) is 1.44. The van der Waals surface area contributed by atoms with Crippen LogP contribution >= 0.6 is 15.9 Å². The van der Waals surface area contributed by atoms with Crippen LogP contribution in [0, 0.1) is 0 Å². The second-order valence-corrected chi connectivity index (χ2v) is 4.51. The molecule has 0 unspecified atom stereocenters. The van der Waals surface area contributed by atoms with Gasteiger partial charge in [0, 0.05) is 17.2 Å². The lowest BCUT2D eigenvalue weighted by Gasteiger charge is -2.20. The second kappa shape index (κ2) is 5.59. The number of benzene rings is 1. The van der Waals surface area contributed by atoms with Gasteiger partial charge in [0.1, 0.15) is 0 Å². The Hall–Kier alpha value is -0.680. The third-order valence-corrected chi connectivity index (χ3v) is 2.97. The first-order chi connectivity index (χ1) is 7.41. The molecule has 0 spiro atoms. The molecule has 0 fully saturated rings. The first-order valence-electron chi connectivity index (χ1n) is 4.88. The lowest BCUT2D eigenvalue weighted by atomic mass is 10.1. The van der Waals surface area contributed by atoms with Crippen LogP contribution in [0.4, 0.5) is 14.5 Å². The van der Waals surface area contributed by atoms with Gasteiger partial charge < -0.3 is 10.0 Å². The van der Waals surface area contributed by atoms with Gasteiger partial charge in [-0.1, -0.05) is 22.0 Å². The molecule has 1 atom stereocenters. The van der Waals surface area contributed by atoms with Crippen LogP contribution in [0.5, 0.6) is 0 Å². The van der Waals surface area contributed by atoms with E-state index in [-0.39, 0.29) is 6.54 Å². The van der Waals surface area contributed by atoms with E-state index in [1.54, 1.807) is 32.2 Å². The molecule has 5 heteroatoms. The number of nitrogens with zero attached hydrogens (tertiary/aromatic N) is 1. The fourth-order valence-corrected chi connectivity index (χ4v) is 2.10. The number of aliphatic hydroxyl groups is 1. The third-order valence-electron chi connectivity index (χ3n) is 2.29. The average Bonchev–Trinajstić information content (AvgIpc) is 2.15. The second-order valence-electron chi connectivity index (χ2n) is 3.65. The molecule has 0 saturated heterocycles. The molecule has 0 amide bonds. The summed E-state index contributed by atoms with van der Waals surface area (Å²) < 4.78 is 25.1. The lowest BCUT2D eigenvalue weighted by Crippen LogP contribution is -2.23. The van der Waals surface area contributed by atoms with Gasteiger partial charge in [0.25, 0.3) is 6.43 Å². The van der Waals surface area contributed by atoms with Crippen molar-refractivity contribution in [2.75, 3.05) is 18.5 Å². The zero-order valence-electron chi connectivity index (χ0n) is 9.12. The topological polar surface area (TPSA) is 23.5 Å². The highest BCUT2D eigenvalue weighted by Crippen LogP contribution is 2.28. The Kier molecular flexibility index (Phi) is 4.68. The van der Waals surface area contributed by atoms with Gasteiger partial charge in [-0.15, -0.1) is 0 Å². The van der Waals surface area contributed by atoms with Gasteiger partial charge in [-0.3, -0.25) is 0 Å². The van der Waals surface area contributed by atoms with E-state index in [0.29, 0.717) is 5.69 Å². The molecule has 0 aromatic heterocycles. The van der Waals surface area contributed by atoms with Crippen molar-refractivity contribution in [2.24, 2.45) is 0 Å². The third kappa shape index (κ3) is 3.42. The smallest absolute Gasteiger partial charge is 0.255 e. The van der Waals surface area contributed by atoms with Crippen LogP contribution in [0.1, 0.15) is 18.6 Å². The van der Waals surface area contributed by atoms with Crippen molar-refractivity contribution in [2.45, 2.75) is 19.5 Å². The van der Waals surface area contributed by atoms with Gasteiger partial charge in [0.05, 0.1) is 12.6 Å². The minimum Gasteiger partial charge on any atom is -0.389 e. The fraction of sp³-hybridized carbons (Fsp3) is 0.455. The summed E-state index contributed by atoms with van der Waals surface area (Å²) in [6.45, 7) is 1.35. The van der Waals surface area contributed by atoms with Crippen molar-refractivity contribution in [1.29, 1.82) is 0 Å². The molecule has 0 aliphatic rings. The van der Waals surface area contributed by atoms with Crippen molar-refractivity contribution in [3.63, 3.8) is 0 Å². The Morgan fingerprint density at radius 1 is 1.44 bits per heavy atom. The largest absolute Gasteiger partial charge is 0.389 e. The summed E-state index contributed by atoms with van der Waals surface area (Å²) in [5, 5.41) is 9.42. The molecule has 1 aromatic rings. The molecule has 0 aliphatic heterocycles. The molecule has 2 nitrogen and oxygen atoms in total. The van der Waals surface area contributed by atoms with Crippen molar-refractivity contribution in [3.05, 3.63) is 28.2 Å². The Morgan fingerprint density at radius 3 is 2.50 bits per heavy atom. The molecule has 1 N–H and O–H groups in total. The van der Waals surface area contributed by atoms with Crippen LogP contribution in [0.3, 0.4) is 0 Å². The Labute approximate surface area is 102 Å². The number of anilines is 1. The molecule has 0 heterocycles. The van der Waals surface area contributed by atoms with E-state index < -0.39 is 12.5 Å². The molecule has 0 aliphatic carbocycles. The number of halogens is 3. The highest BCUT2D eigenvalue weighted by atomic mass is 79.9. The number of aliphatic hydroxyl groups excluding tert-OH is 1. The normalized spacial score (nSPS) is 12.9. The van der Waals surface area contributed by atoms with Crippen LogP contribution in [0.15, 0.2) is 22.7 Å². The quantitative estimate of drug-likeness (QED) is 0.921. The van der Waals surface area contributed by atoms with Crippen LogP contribution in [-0.2, 0) is 0 Å². The van der Waals surface area contributed by atoms with E-state index in [1.165, 1.54) is 4.90 Å². The highest BCUT2D eigenvalue weighted by molar-refractivity contribution is 9.10. The van der Waals surface area contributed by atoms with Crippen LogP contribution in [0.25, 0.3) is 0 Å². The monoisotopic (exact) mass is 293 g/mol. The Morgan fingerprint density at radius 2 is 2.06 bits per heavy atom. The van der Waals surface area contributed by atoms with E-state index in [1.807, 2.05) is 0 Å². The molecule has 16 heavy (non-hydrogen) atoms. The maximum Gasteiger partial charge on any atom is 0.255 e. The molecule has 1 aromatic carbocycles. The fourth-order valence-electron chi connectivity index (χ4n) is 1.40. The SMILES string of the molecule is C[C@@H](O)c1ccc(N(C)CC(F)F)cc1Br. The van der Waals surface area contributed by atoms with Gasteiger partial charge in [-0.25, -0.2) is 8.78 Å². The standard InChI is InChI=1S/C11H14BrF2NO/c1-7(16)9-4-3-8(5-10(9)12)15(2)6-11(13)14/h3-5,7,11,16H,6H2,1-2H3/t7-/m1/s1. The summed E-state index contributed by atoms with van der Waals surface area (Å²) in [5.74, 6) is 0. The minimum absolute atomic E-state index is 0.305. The van der Waals surface area contributed by atoms with Gasteiger partial charge in [0.15, 0.2) is 0 Å². The van der Waals surface area contributed by atoms with E-state index >= 15 is 0 Å². The molecule has 1 rings (SSSR count). The van der Waals surface area contributed by atoms with Crippen LogP contribution in [-0.4, -0.2) is 25.1 Å². The van der Waals surface area contributed by atoms with Gasteiger partial charge >= 0.3 is 0 Å². The Bertz CT molecular complexity index is 358. The average molecular weight is 294 g/mol. The van der Waals surface area contributed by atoms with Crippen LogP contribution in [0.2, 0.25) is 0 Å². The first-order valence-corrected chi connectivity index (χ1v) is 5.68. The number of alkyl halides is 2. The van der Waals surface area contributed by atoms with Gasteiger partial charge in [-0.2, -0.15) is 0 Å². The van der Waals surface area contributed by atoms with E-state index in [0.717, 1.165) is 10.0 Å². The zero-order chi connectivity index (χ0) is 12.3. The van der Waals surface area contributed by atoms with E-state index in [9.17, 15) is 13.9 Å². The summed E-state index contributed by atoms with van der Waals surface area (Å²) in [6, 6.07) is 5.17. The number of hydrogen-bond donors (Lipinski definition) is 1. The van der Waals surface area contributed by atoms with Crippen LogP contribution < -0.4 is 4.90 Å². The molecule has 90 valence electrons. The predicted octanol–water partition coefficient (Wildman–Crippen LogP) is 3.20. The summed E-state index contributed by atoms with van der Waals surface area (Å²) >= 11 is 3.31. The van der Waals surface area contributed by atoms with Gasteiger partial charge in [0.2, 0.25) is 0 Å². The van der Waals surface area contributed by atoms with Gasteiger partial charge in [-0.05, 0) is 24.6 Å². The minimum atomic E-state index is -2.36. The van der Waals surface area contributed by atoms with E-state index in [2.05, 4.69) is 15.9 Å². The molecule has 0 bridgehead atoms. The summed E-state index contributed by atoms with van der Waals surface area (Å²) in [4.78, 5) is 1.47. The Balaban J connectivity index is 2.88. The molecule has 0 radical (unpaired) electrons. The highest BCUT2D eigenvalue weighted by Gasteiger charge is 2.11. The molecule has 0 saturated carbocycles. The number of rotatable bonds is 4. The van der Waals surface area contributed by atoms with Crippen molar-refractivity contribution >= 4 is 21.6 Å². The molecular weight excluding hydrogens is 280 g/mol. The van der Waals surface area contributed by atoms with E-state index in [4.69, 9.17) is 0 Å².